The first-order chi connectivity index (χ1) is 8.28. The molecule has 90 valence electrons. The highest BCUT2D eigenvalue weighted by atomic mass is 15.0. The van der Waals surface area contributed by atoms with E-state index in [1.165, 1.54) is 25.7 Å². The van der Waals surface area contributed by atoms with Gasteiger partial charge in [0.15, 0.2) is 0 Å². The first kappa shape index (κ1) is 11.9. The van der Waals surface area contributed by atoms with Crippen LogP contribution in [0, 0.1) is 23.2 Å². The summed E-state index contributed by atoms with van der Waals surface area (Å²) < 4.78 is 0. The van der Waals surface area contributed by atoms with E-state index in [0.717, 1.165) is 24.2 Å². The molecule has 17 heavy (non-hydrogen) atoms. The smallest absolute Gasteiger partial charge is 0.142 e. The molecule has 0 radical (unpaired) electrons. The van der Waals surface area contributed by atoms with E-state index in [2.05, 4.69) is 23.3 Å². The zero-order valence-corrected chi connectivity index (χ0v) is 10.3. The monoisotopic (exact) mass is 229 g/mol. The molecule has 2 rings (SSSR count). The Bertz CT molecular complexity index is 400. The molecule has 1 aliphatic carbocycles. The molecule has 1 aromatic heterocycles. The lowest BCUT2D eigenvalue weighted by Crippen LogP contribution is -2.20. The van der Waals surface area contributed by atoms with E-state index in [4.69, 9.17) is 5.26 Å². The minimum Gasteiger partial charge on any atom is -0.370 e. The van der Waals surface area contributed by atoms with Crippen LogP contribution in [0.25, 0.3) is 0 Å². The Hall–Kier alpha value is -1.56. The third kappa shape index (κ3) is 3.45. The molecule has 0 bridgehead atoms. The van der Waals surface area contributed by atoms with Crippen LogP contribution in [0.3, 0.4) is 0 Å². The summed E-state index contributed by atoms with van der Waals surface area (Å²) in [5.74, 6) is 2.48. The predicted molar refractivity (Wildman–Crippen MR) is 68.6 cm³/mol. The molecule has 3 nitrogen and oxygen atoms in total. The third-order valence-electron chi connectivity index (χ3n) is 3.57. The van der Waals surface area contributed by atoms with Gasteiger partial charge in [0, 0.05) is 6.54 Å². The fraction of sp³-hybridized carbons (Fsp3) is 0.571. The Kier molecular flexibility index (Phi) is 3.98. The van der Waals surface area contributed by atoms with E-state index in [1.54, 1.807) is 6.07 Å². The third-order valence-corrected chi connectivity index (χ3v) is 3.57. The Morgan fingerprint density at radius 2 is 2.12 bits per heavy atom. The molecular weight excluding hydrogens is 210 g/mol. The zero-order chi connectivity index (χ0) is 12.1. The van der Waals surface area contributed by atoms with Gasteiger partial charge < -0.3 is 5.32 Å². The van der Waals surface area contributed by atoms with E-state index >= 15 is 0 Å². The summed E-state index contributed by atoms with van der Waals surface area (Å²) in [6.45, 7) is 3.32. The molecule has 1 aromatic rings. The minimum atomic E-state index is 0.479. The minimum absolute atomic E-state index is 0.479. The summed E-state index contributed by atoms with van der Waals surface area (Å²) in [4.78, 5) is 4.22. The second kappa shape index (κ2) is 5.67. The van der Waals surface area contributed by atoms with Crippen LogP contribution in [0.15, 0.2) is 18.2 Å². The number of hydrogen-bond acceptors (Lipinski definition) is 3. The van der Waals surface area contributed by atoms with E-state index < -0.39 is 0 Å². The summed E-state index contributed by atoms with van der Waals surface area (Å²) in [5.41, 5.74) is 0.479. The molecule has 1 saturated carbocycles. The number of pyridine rings is 1. The van der Waals surface area contributed by atoms with Gasteiger partial charge in [-0.3, -0.25) is 0 Å². The molecule has 0 spiro atoms. The van der Waals surface area contributed by atoms with Crippen LogP contribution in [-0.4, -0.2) is 11.5 Å². The summed E-state index contributed by atoms with van der Waals surface area (Å²) in [6, 6.07) is 7.58. The van der Waals surface area contributed by atoms with Crippen molar-refractivity contribution < 1.29 is 0 Å². The maximum atomic E-state index is 8.77. The maximum Gasteiger partial charge on any atom is 0.142 e. The topological polar surface area (TPSA) is 48.7 Å². The van der Waals surface area contributed by atoms with Crippen molar-refractivity contribution in [3.8, 4) is 6.07 Å². The molecule has 0 aliphatic heterocycles. The number of rotatable bonds is 3. The molecular formula is C14H19N3. The van der Waals surface area contributed by atoms with Crippen LogP contribution in [0.5, 0.6) is 0 Å². The van der Waals surface area contributed by atoms with Crippen LogP contribution in [0.2, 0.25) is 0 Å². The largest absolute Gasteiger partial charge is 0.370 e. The molecule has 1 heterocycles. The van der Waals surface area contributed by atoms with Crippen LogP contribution in [0.4, 0.5) is 5.82 Å². The van der Waals surface area contributed by atoms with Gasteiger partial charge in [0.05, 0.1) is 0 Å². The maximum absolute atomic E-state index is 8.77. The van der Waals surface area contributed by atoms with Gasteiger partial charge in [-0.2, -0.15) is 5.26 Å². The molecule has 0 aromatic carbocycles. The number of anilines is 1. The first-order valence-electron chi connectivity index (χ1n) is 6.39. The van der Waals surface area contributed by atoms with E-state index in [-0.39, 0.29) is 0 Å². The van der Waals surface area contributed by atoms with Gasteiger partial charge in [0.25, 0.3) is 0 Å². The van der Waals surface area contributed by atoms with Gasteiger partial charge in [-0.15, -0.1) is 0 Å². The zero-order valence-electron chi connectivity index (χ0n) is 10.3. The summed E-state index contributed by atoms with van der Waals surface area (Å²) in [5, 5.41) is 12.1. The fourth-order valence-electron chi connectivity index (χ4n) is 2.38. The summed E-state index contributed by atoms with van der Waals surface area (Å²) in [6.07, 6.45) is 5.31. The highest BCUT2D eigenvalue weighted by molar-refractivity contribution is 5.38. The van der Waals surface area contributed by atoms with Gasteiger partial charge in [0.2, 0.25) is 0 Å². The average Bonchev–Trinajstić information content (AvgIpc) is 2.38. The Balaban J connectivity index is 1.83. The van der Waals surface area contributed by atoms with Crippen LogP contribution < -0.4 is 5.32 Å². The standard InChI is InChI=1S/C14H19N3/c1-11-5-7-12(8-6-11)10-16-14-4-2-3-13(9-15)17-14/h2-4,11-12H,5-8,10H2,1H3,(H,16,17). The average molecular weight is 229 g/mol. The Labute approximate surface area is 103 Å². The second-order valence-electron chi connectivity index (χ2n) is 5.03. The van der Waals surface area contributed by atoms with Gasteiger partial charge in [-0.1, -0.05) is 25.8 Å². The normalized spacial score (nSPS) is 24.0. The van der Waals surface area contributed by atoms with E-state index in [0.29, 0.717) is 5.69 Å². The van der Waals surface area contributed by atoms with Crippen molar-refractivity contribution in [3.63, 3.8) is 0 Å². The first-order valence-corrected chi connectivity index (χ1v) is 6.39. The van der Waals surface area contributed by atoms with Gasteiger partial charge >= 0.3 is 0 Å². The van der Waals surface area contributed by atoms with E-state index in [1.807, 2.05) is 12.1 Å². The van der Waals surface area contributed by atoms with Crippen molar-refractivity contribution in [2.45, 2.75) is 32.6 Å². The highest BCUT2D eigenvalue weighted by Crippen LogP contribution is 2.28. The van der Waals surface area contributed by atoms with Crippen molar-refractivity contribution >= 4 is 5.82 Å². The van der Waals surface area contributed by atoms with Crippen molar-refractivity contribution in [3.05, 3.63) is 23.9 Å². The number of nitrogens with zero attached hydrogens (tertiary/aromatic N) is 2. The lowest BCUT2D eigenvalue weighted by molar-refractivity contribution is 0.300. The molecule has 1 N–H and O–H groups in total. The van der Waals surface area contributed by atoms with Crippen molar-refractivity contribution in [2.24, 2.45) is 11.8 Å². The predicted octanol–water partition coefficient (Wildman–Crippen LogP) is 3.19. The van der Waals surface area contributed by atoms with Crippen LogP contribution in [-0.2, 0) is 0 Å². The number of hydrogen-bond donors (Lipinski definition) is 1. The quantitative estimate of drug-likeness (QED) is 0.866. The van der Waals surface area contributed by atoms with Crippen LogP contribution in [0.1, 0.15) is 38.3 Å². The second-order valence-corrected chi connectivity index (χ2v) is 5.03. The number of aromatic nitrogens is 1. The summed E-state index contributed by atoms with van der Waals surface area (Å²) >= 11 is 0. The lowest BCUT2D eigenvalue weighted by Gasteiger charge is -2.26. The summed E-state index contributed by atoms with van der Waals surface area (Å²) in [7, 11) is 0. The van der Waals surface area contributed by atoms with Crippen molar-refractivity contribution in [1.29, 1.82) is 5.26 Å². The van der Waals surface area contributed by atoms with Gasteiger partial charge in [-0.25, -0.2) is 4.98 Å². The molecule has 0 saturated heterocycles. The van der Waals surface area contributed by atoms with E-state index in [9.17, 15) is 0 Å². The lowest BCUT2D eigenvalue weighted by atomic mass is 9.83. The molecule has 1 aliphatic rings. The molecule has 3 heteroatoms. The van der Waals surface area contributed by atoms with Crippen molar-refractivity contribution in [2.75, 3.05) is 11.9 Å². The SMILES string of the molecule is CC1CCC(CNc2cccc(C#N)n2)CC1. The number of nitriles is 1. The van der Waals surface area contributed by atoms with Crippen molar-refractivity contribution in [1.82, 2.24) is 4.98 Å². The highest BCUT2D eigenvalue weighted by Gasteiger charge is 2.17. The van der Waals surface area contributed by atoms with Gasteiger partial charge in [0.1, 0.15) is 17.6 Å². The van der Waals surface area contributed by atoms with Crippen LogP contribution >= 0.6 is 0 Å². The number of nitrogens with one attached hydrogen (secondary N) is 1. The molecule has 1 fully saturated rings. The fourth-order valence-corrected chi connectivity index (χ4v) is 2.38. The van der Waals surface area contributed by atoms with Gasteiger partial charge in [-0.05, 0) is 36.8 Å². The Morgan fingerprint density at radius 1 is 1.35 bits per heavy atom. The molecule has 0 atom stereocenters. The molecule has 0 amide bonds. The molecule has 0 unspecified atom stereocenters. The Morgan fingerprint density at radius 3 is 2.82 bits per heavy atom.